The number of ether oxygens (including phenoxy) is 1. The van der Waals surface area contributed by atoms with Crippen LogP contribution < -0.4 is 16.6 Å². The van der Waals surface area contributed by atoms with Crippen LogP contribution in [0.4, 0.5) is 10.5 Å². The Labute approximate surface area is 108 Å². The molecule has 1 fully saturated rings. The summed E-state index contributed by atoms with van der Waals surface area (Å²) in [5, 5.41) is 0.600. The predicted octanol–water partition coefficient (Wildman–Crippen LogP) is 1.41. The minimum absolute atomic E-state index is 0.420. The number of nitrogens with two attached hydrogens (primary N) is 1. The van der Waals surface area contributed by atoms with Gasteiger partial charge in [0.25, 0.3) is 5.91 Å². The topological polar surface area (TPSA) is 93.5 Å². The average Bonchev–Trinajstić information content (AvgIpc) is 3.08. The van der Waals surface area contributed by atoms with Gasteiger partial charge in [-0.1, -0.05) is 11.6 Å². The summed E-state index contributed by atoms with van der Waals surface area (Å²) in [6, 6.07) is 6.78. The standard InChI is InChI=1S/C11H12ClN3O3/c12-7-1-3-8(4-2-7)14-15-9(16)11(5-6-11)18-10(13)17/h1-4,14H,5-6H2,(H2,13,17)(H,15,16). The van der Waals surface area contributed by atoms with Crippen molar-refractivity contribution in [2.24, 2.45) is 5.73 Å². The van der Waals surface area contributed by atoms with Crippen LogP contribution >= 0.6 is 11.6 Å². The fraction of sp³-hybridized carbons (Fsp3) is 0.273. The van der Waals surface area contributed by atoms with Crippen molar-refractivity contribution in [3.63, 3.8) is 0 Å². The zero-order valence-electron chi connectivity index (χ0n) is 9.40. The lowest BCUT2D eigenvalue weighted by Gasteiger charge is -2.15. The summed E-state index contributed by atoms with van der Waals surface area (Å²) in [5.74, 6) is -0.420. The Morgan fingerprint density at radius 2 is 1.89 bits per heavy atom. The minimum Gasteiger partial charge on any atom is -0.433 e. The van der Waals surface area contributed by atoms with Gasteiger partial charge in [0.2, 0.25) is 0 Å². The number of hydrazine groups is 1. The molecule has 6 nitrogen and oxygen atoms in total. The van der Waals surface area contributed by atoms with E-state index in [0.29, 0.717) is 23.6 Å². The molecule has 2 rings (SSSR count). The Bertz CT molecular complexity index is 471. The number of carbonyl (C=O) groups is 2. The van der Waals surface area contributed by atoms with Crippen LogP contribution in [0.15, 0.2) is 24.3 Å². The third kappa shape index (κ3) is 2.84. The van der Waals surface area contributed by atoms with Crippen LogP contribution in [-0.4, -0.2) is 17.6 Å². The molecular weight excluding hydrogens is 258 g/mol. The van der Waals surface area contributed by atoms with Crippen molar-refractivity contribution in [2.75, 3.05) is 5.43 Å². The maximum atomic E-state index is 11.8. The van der Waals surface area contributed by atoms with E-state index < -0.39 is 17.6 Å². The van der Waals surface area contributed by atoms with E-state index >= 15 is 0 Å². The highest BCUT2D eigenvalue weighted by Crippen LogP contribution is 2.39. The lowest BCUT2D eigenvalue weighted by molar-refractivity contribution is -0.130. The number of benzene rings is 1. The Balaban J connectivity index is 1.89. The first-order chi connectivity index (χ1) is 8.52. The van der Waals surface area contributed by atoms with Gasteiger partial charge in [0, 0.05) is 17.9 Å². The van der Waals surface area contributed by atoms with Crippen molar-refractivity contribution in [2.45, 2.75) is 18.4 Å². The summed E-state index contributed by atoms with van der Waals surface area (Å²) >= 11 is 5.73. The van der Waals surface area contributed by atoms with Gasteiger partial charge in [0.15, 0.2) is 5.60 Å². The molecule has 0 unspecified atom stereocenters. The molecule has 7 heteroatoms. The van der Waals surface area contributed by atoms with Gasteiger partial charge in [-0.2, -0.15) is 0 Å². The Morgan fingerprint density at radius 1 is 1.28 bits per heavy atom. The normalized spacial score (nSPS) is 15.6. The molecule has 18 heavy (non-hydrogen) atoms. The summed E-state index contributed by atoms with van der Waals surface area (Å²) in [6.45, 7) is 0. The van der Waals surface area contributed by atoms with Gasteiger partial charge in [0.05, 0.1) is 5.69 Å². The molecule has 0 radical (unpaired) electrons. The van der Waals surface area contributed by atoms with E-state index in [2.05, 4.69) is 10.9 Å². The highest BCUT2D eigenvalue weighted by Gasteiger charge is 2.54. The molecular formula is C11H12ClN3O3. The molecule has 96 valence electrons. The first-order valence-electron chi connectivity index (χ1n) is 5.32. The van der Waals surface area contributed by atoms with Gasteiger partial charge in [0.1, 0.15) is 0 Å². The first kappa shape index (κ1) is 12.5. The number of carbonyl (C=O) groups excluding carboxylic acids is 2. The second-order valence-corrected chi connectivity index (χ2v) is 4.44. The van der Waals surface area contributed by atoms with Crippen LogP contribution in [0.5, 0.6) is 0 Å². The number of rotatable bonds is 4. The smallest absolute Gasteiger partial charge is 0.405 e. The molecule has 1 aliphatic carbocycles. The molecule has 1 saturated carbocycles. The monoisotopic (exact) mass is 269 g/mol. The van der Waals surface area contributed by atoms with E-state index in [9.17, 15) is 9.59 Å². The van der Waals surface area contributed by atoms with Crippen molar-refractivity contribution in [3.05, 3.63) is 29.3 Å². The molecule has 0 aromatic heterocycles. The number of nitrogens with one attached hydrogen (secondary N) is 2. The zero-order chi connectivity index (χ0) is 13.2. The molecule has 1 aromatic rings. The number of hydrogen-bond donors (Lipinski definition) is 3. The van der Waals surface area contributed by atoms with Crippen LogP contribution in [0.1, 0.15) is 12.8 Å². The molecule has 0 atom stereocenters. The third-order valence-corrected chi connectivity index (χ3v) is 2.83. The Kier molecular flexibility index (Phi) is 3.29. The highest BCUT2D eigenvalue weighted by molar-refractivity contribution is 6.30. The van der Waals surface area contributed by atoms with Crippen molar-refractivity contribution >= 4 is 29.3 Å². The van der Waals surface area contributed by atoms with Gasteiger partial charge in [-0.25, -0.2) is 4.79 Å². The van der Waals surface area contributed by atoms with Gasteiger partial charge in [-0.15, -0.1) is 0 Å². The SMILES string of the molecule is NC(=O)OC1(C(=O)NNc2ccc(Cl)cc2)CC1. The first-order valence-corrected chi connectivity index (χ1v) is 5.70. The van der Waals surface area contributed by atoms with Crippen LogP contribution in [0, 0.1) is 0 Å². The van der Waals surface area contributed by atoms with Crippen molar-refractivity contribution in [3.8, 4) is 0 Å². The summed E-state index contributed by atoms with van der Waals surface area (Å²) in [7, 11) is 0. The number of primary amides is 1. The summed E-state index contributed by atoms with van der Waals surface area (Å²) in [6.07, 6.45) is 0.00265. The molecule has 1 aromatic carbocycles. The summed E-state index contributed by atoms with van der Waals surface area (Å²) in [5.41, 5.74) is 9.63. The Hall–Kier alpha value is -1.95. The van der Waals surface area contributed by atoms with E-state index in [4.69, 9.17) is 22.1 Å². The average molecular weight is 270 g/mol. The number of halogens is 1. The summed E-state index contributed by atoms with van der Waals surface area (Å²) in [4.78, 5) is 22.4. The second-order valence-electron chi connectivity index (χ2n) is 4.00. The van der Waals surface area contributed by atoms with Crippen molar-refractivity contribution in [1.29, 1.82) is 0 Å². The van der Waals surface area contributed by atoms with E-state index in [0.717, 1.165) is 0 Å². The fourth-order valence-corrected chi connectivity index (χ4v) is 1.58. The van der Waals surface area contributed by atoms with Crippen molar-refractivity contribution < 1.29 is 14.3 Å². The quantitative estimate of drug-likeness (QED) is 0.721. The van der Waals surface area contributed by atoms with E-state index in [1.807, 2.05) is 0 Å². The van der Waals surface area contributed by atoms with E-state index in [1.165, 1.54) is 0 Å². The van der Waals surface area contributed by atoms with Crippen LogP contribution in [0.2, 0.25) is 5.02 Å². The number of anilines is 1. The fourth-order valence-electron chi connectivity index (χ4n) is 1.46. The van der Waals surface area contributed by atoms with E-state index in [-0.39, 0.29) is 0 Å². The van der Waals surface area contributed by atoms with Gasteiger partial charge in [-0.3, -0.25) is 15.6 Å². The molecule has 0 heterocycles. The second kappa shape index (κ2) is 4.73. The largest absolute Gasteiger partial charge is 0.433 e. The predicted molar refractivity (Wildman–Crippen MR) is 65.9 cm³/mol. The molecule has 2 amide bonds. The van der Waals surface area contributed by atoms with Crippen molar-refractivity contribution in [1.82, 2.24) is 5.43 Å². The molecule has 1 aliphatic rings. The molecule has 0 aliphatic heterocycles. The number of hydrogen-bond acceptors (Lipinski definition) is 4. The molecule has 4 N–H and O–H groups in total. The number of amides is 2. The third-order valence-electron chi connectivity index (χ3n) is 2.58. The van der Waals surface area contributed by atoms with Crippen LogP contribution in [0.25, 0.3) is 0 Å². The summed E-state index contributed by atoms with van der Waals surface area (Å²) < 4.78 is 4.78. The van der Waals surface area contributed by atoms with Crippen LogP contribution in [0.3, 0.4) is 0 Å². The van der Waals surface area contributed by atoms with E-state index in [1.54, 1.807) is 24.3 Å². The highest BCUT2D eigenvalue weighted by atomic mass is 35.5. The van der Waals surface area contributed by atoms with Crippen LogP contribution in [-0.2, 0) is 9.53 Å². The molecule has 0 saturated heterocycles. The molecule has 0 spiro atoms. The maximum absolute atomic E-state index is 11.8. The Morgan fingerprint density at radius 3 is 2.39 bits per heavy atom. The van der Waals surface area contributed by atoms with Gasteiger partial charge in [-0.05, 0) is 24.3 Å². The lowest BCUT2D eigenvalue weighted by atomic mass is 10.3. The van der Waals surface area contributed by atoms with Gasteiger partial charge < -0.3 is 10.5 Å². The molecule has 0 bridgehead atoms. The zero-order valence-corrected chi connectivity index (χ0v) is 10.2. The maximum Gasteiger partial charge on any atom is 0.405 e. The lowest BCUT2D eigenvalue weighted by Crippen LogP contribution is -2.43. The minimum atomic E-state index is -1.11. The van der Waals surface area contributed by atoms with Gasteiger partial charge >= 0.3 is 6.09 Å².